The molecule has 2 N–H and O–H groups in total. The van der Waals surface area contributed by atoms with Crippen LogP contribution in [-0.2, 0) is 9.59 Å². The van der Waals surface area contributed by atoms with Crippen LogP contribution in [0, 0.1) is 11.3 Å². The Morgan fingerprint density at radius 3 is 2.56 bits per heavy atom. The number of rotatable bonds is 3. The van der Waals surface area contributed by atoms with Crippen LogP contribution in [0.25, 0.3) is 0 Å². The van der Waals surface area contributed by atoms with E-state index in [4.69, 9.17) is 0 Å². The Morgan fingerprint density at radius 2 is 2.00 bits per heavy atom. The fourth-order valence-electron chi connectivity index (χ4n) is 4.49. The zero-order chi connectivity index (χ0) is 18.5. The van der Waals surface area contributed by atoms with Crippen molar-refractivity contribution in [2.45, 2.75) is 37.4 Å². The summed E-state index contributed by atoms with van der Waals surface area (Å²) in [7, 11) is 0. The Balaban J connectivity index is 2.36. The molecule has 4 unspecified atom stereocenters. The maximum atomic E-state index is 12.6. The molecule has 1 aliphatic heterocycles. The van der Waals surface area contributed by atoms with Gasteiger partial charge < -0.3 is 15.1 Å². The first kappa shape index (κ1) is 17.9. The fourth-order valence-corrected chi connectivity index (χ4v) is 5.80. The Hall–Kier alpha value is -1.89. The van der Waals surface area contributed by atoms with Crippen molar-refractivity contribution in [3.8, 4) is 0 Å². The minimum atomic E-state index is -1.22. The predicted molar refractivity (Wildman–Crippen MR) is 95.4 cm³/mol. The zero-order valence-corrected chi connectivity index (χ0v) is 15.6. The fraction of sp³-hybridized carbons (Fsp3) is 0.500. The third-order valence-electron chi connectivity index (χ3n) is 5.71. The molecule has 7 heteroatoms. The number of nitrogens with zero attached hydrogens (tertiary/aromatic N) is 1. The molecule has 1 aliphatic carbocycles. The van der Waals surface area contributed by atoms with Crippen molar-refractivity contribution < 1.29 is 24.6 Å². The van der Waals surface area contributed by atoms with E-state index in [2.05, 4.69) is 15.9 Å². The van der Waals surface area contributed by atoms with Gasteiger partial charge in [0.05, 0.1) is 16.7 Å². The molecule has 0 saturated heterocycles. The lowest BCUT2D eigenvalue weighted by molar-refractivity contribution is -0.151. The summed E-state index contributed by atoms with van der Waals surface area (Å²) in [5, 5.41) is 20.0. The topological polar surface area (TPSA) is 94.9 Å². The van der Waals surface area contributed by atoms with E-state index in [1.807, 2.05) is 6.92 Å². The summed E-state index contributed by atoms with van der Waals surface area (Å²) >= 11 is 3.59. The smallest absolute Gasteiger partial charge is 0.338 e. The molecule has 2 aliphatic rings. The number of carboxylic acids is 2. The molecule has 1 aromatic rings. The van der Waals surface area contributed by atoms with Crippen LogP contribution < -0.4 is 4.90 Å². The lowest BCUT2D eigenvalue weighted by Gasteiger charge is -2.37. The molecule has 134 valence electrons. The quantitative estimate of drug-likeness (QED) is 0.747. The van der Waals surface area contributed by atoms with E-state index in [1.54, 1.807) is 25.1 Å². The normalized spacial score (nSPS) is 30.5. The molecule has 1 heterocycles. The number of anilines is 1. The second-order valence-corrected chi connectivity index (χ2v) is 8.03. The highest BCUT2D eigenvalue weighted by Crippen LogP contribution is 2.59. The second kappa shape index (κ2) is 6.12. The average Bonchev–Trinajstić information content (AvgIpc) is 2.77. The maximum absolute atomic E-state index is 12.6. The molecule has 3 rings (SSSR count). The molecule has 1 amide bonds. The third kappa shape index (κ3) is 2.39. The van der Waals surface area contributed by atoms with Gasteiger partial charge in [-0.05, 0) is 24.0 Å². The molecular formula is C18H20BrNO5. The summed E-state index contributed by atoms with van der Waals surface area (Å²) in [6.07, 6.45) is 0.782. The summed E-state index contributed by atoms with van der Waals surface area (Å²) in [6, 6.07) is 4.97. The number of halogens is 1. The van der Waals surface area contributed by atoms with Gasteiger partial charge in [0.2, 0.25) is 5.91 Å². The average molecular weight is 410 g/mol. The first-order chi connectivity index (χ1) is 11.8. The van der Waals surface area contributed by atoms with Gasteiger partial charge in [-0.1, -0.05) is 41.9 Å². The van der Waals surface area contributed by atoms with Crippen LogP contribution in [-0.4, -0.2) is 39.4 Å². The van der Waals surface area contributed by atoms with Crippen molar-refractivity contribution in [3.05, 3.63) is 29.3 Å². The van der Waals surface area contributed by atoms with Crippen molar-refractivity contribution >= 4 is 39.5 Å². The van der Waals surface area contributed by atoms with Gasteiger partial charge in [-0.25, -0.2) is 4.79 Å². The molecule has 0 radical (unpaired) electrons. The highest BCUT2D eigenvalue weighted by Gasteiger charge is 2.61. The number of carboxylic acid groups (broad SMARTS) is 2. The summed E-state index contributed by atoms with van der Waals surface area (Å²) < 4.78 is 0. The number of fused-ring (bicyclic) bond motifs is 4. The van der Waals surface area contributed by atoms with Crippen LogP contribution in [0.5, 0.6) is 0 Å². The largest absolute Gasteiger partial charge is 0.481 e. The number of alkyl halides is 1. The van der Waals surface area contributed by atoms with Crippen molar-refractivity contribution in [1.29, 1.82) is 0 Å². The van der Waals surface area contributed by atoms with E-state index in [0.29, 0.717) is 17.7 Å². The van der Waals surface area contributed by atoms with Crippen molar-refractivity contribution in [3.63, 3.8) is 0 Å². The monoisotopic (exact) mass is 409 g/mol. The molecule has 1 saturated carbocycles. The van der Waals surface area contributed by atoms with Gasteiger partial charge in [-0.3, -0.25) is 9.59 Å². The van der Waals surface area contributed by atoms with E-state index in [0.717, 1.165) is 0 Å². The third-order valence-corrected chi connectivity index (χ3v) is 6.61. The Bertz CT molecular complexity index is 764. The maximum Gasteiger partial charge on any atom is 0.338 e. The summed E-state index contributed by atoms with van der Waals surface area (Å²) in [4.78, 5) is 38.2. The van der Waals surface area contributed by atoms with E-state index >= 15 is 0 Å². The summed E-state index contributed by atoms with van der Waals surface area (Å²) in [5.41, 5.74) is -0.404. The van der Waals surface area contributed by atoms with Gasteiger partial charge in [0, 0.05) is 23.7 Å². The second-order valence-electron chi connectivity index (χ2n) is 6.86. The van der Waals surface area contributed by atoms with Gasteiger partial charge in [0.15, 0.2) is 0 Å². The van der Waals surface area contributed by atoms with E-state index in [-0.39, 0.29) is 35.2 Å². The predicted octanol–water partition coefficient (Wildman–Crippen LogP) is 3.10. The number of aromatic carboxylic acids is 1. The molecule has 6 nitrogen and oxygen atoms in total. The highest BCUT2D eigenvalue weighted by molar-refractivity contribution is 9.09. The van der Waals surface area contributed by atoms with Crippen LogP contribution in [0.3, 0.4) is 0 Å². The number of aliphatic carboxylic acids is 1. The van der Waals surface area contributed by atoms with Gasteiger partial charge in [-0.15, -0.1) is 0 Å². The van der Waals surface area contributed by atoms with Gasteiger partial charge in [0.1, 0.15) is 0 Å². The van der Waals surface area contributed by atoms with Crippen molar-refractivity contribution in [2.75, 3.05) is 11.4 Å². The van der Waals surface area contributed by atoms with E-state index < -0.39 is 23.3 Å². The van der Waals surface area contributed by atoms with E-state index in [9.17, 15) is 24.6 Å². The lowest BCUT2D eigenvalue weighted by Crippen LogP contribution is -2.49. The molecule has 0 aromatic heterocycles. The first-order valence-electron chi connectivity index (χ1n) is 8.29. The van der Waals surface area contributed by atoms with Crippen LogP contribution >= 0.6 is 15.9 Å². The number of amides is 1. The number of benzene rings is 1. The molecule has 1 fully saturated rings. The Morgan fingerprint density at radius 1 is 1.32 bits per heavy atom. The van der Waals surface area contributed by atoms with Crippen LogP contribution in [0.2, 0.25) is 0 Å². The van der Waals surface area contributed by atoms with Crippen LogP contribution in [0.1, 0.15) is 48.5 Å². The lowest BCUT2D eigenvalue weighted by atomic mass is 9.69. The number of hydrogen-bond acceptors (Lipinski definition) is 3. The van der Waals surface area contributed by atoms with Crippen molar-refractivity contribution in [1.82, 2.24) is 0 Å². The molecule has 4 atom stereocenters. The molecule has 25 heavy (non-hydrogen) atoms. The molecule has 0 spiro atoms. The van der Waals surface area contributed by atoms with E-state index in [1.165, 1.54) is 4.90 Å². The first-order valence-corrected chi connectivity index (χ1v) is 9.21. The van der Waals surface area contributed by atoms with Crippen molar-refractivity contribution in [2.24, 2.45) is 11.3 Å². The van der Waals surface area contributed by atoms with Crippen LogP contribution in [0.4, 0.5) is 5.69 Å². The van der Waals surface area contributed by atoms with Gasteiger partial charge >= 0.3 is 11.9 Å². The molecule has 2 bridgehead atoms. The summed E-state index contributed by atoms with van der Waals surface area (Å²) in [6.45, 7) is 3.54. The molecule has 1 aromatic carbocycles. The minimum absolute atomic E-state index is 0.0171. The number of carbonyl (C=O) groups excluding carboxylic acids is 1. The van der Waals surface area contributed by atoms with Gasteiger partial charge in [0.25, 0.3) is 0 Å². The Kier molecular flexibility index (Phi) is 4.39. The summed E-state index contributed by atoms with van der Waals surface area (Å²) in [5.74, 6) is -3.12. The number of hydrogen-bond donors (Lipinski definition) is 2. The minimum Gasteiger partial charge on any atom is -0.481 e. The van der Waals surface area contributed by atoms with Crippen LogP contribution in [0.15, 0.2) is 18.2 Å². The number of carbonyl (C=O) groups is 3. The zero-order valence-electron chi connectivity index (χ0n) is 14.0. The standard InChI is InChI=1S/C18H20BrNO5/c1-3-13(21)20-8-18(17(24)25)9(2)7-11(19)15(18)10-5-4-6-12(20)14(10)16(22)23/h4-6,9,11,15H,3,7-8H2,1-2H3,(H,22,23)(H,24,25). The van der Waals surface area contributed by atoms with Gasteiger partial charge in [-0.2, -0.15) is 0 Å². The molecular weight excluding hydrogens is 390 g/mol. The Labute approximate surface area is 153 Å². The SMILES string of the molecule is CCC(=O)N1CC2(C(=O)O)C(C)CC(Br)C2c2cccc1c2C(=O)O. The highest BCUT2D eigenvalue weighted by atomic mass is 79.9.